The topological polar surface area (TPSA) is 50.2 Å². The summed E-state index contributed by atoms with van der Waals surface area (Å²) in [6.07, 6.45) is 0.664. The number of carbonyl (C=O) groups excluding carboxylic acids is 1. The predicted molar refractivity (Wildman–Crippen MR) is 70.6 cm³/mol. The van der Waals surface area contributed by atoms with E-state index in [1.54, 1.807) is 23.3 Å². The van der Waals surface area contributed by atoms with Crippen molar-refractivity contribution in [1.82, 2.24) is 19.8 Å². The van der Waals surface area contributed by atoms with Gasteiger partial charge in [-0.3, -0.25) is 0 Å². The number of rotatable bonds is 3. The van der Waals surface area contributed by atoms with E-state index in [-0.39, 0.29) is 13.0 Å². The zero-order valence-corrected chi connectivity index (χ0v) is 12.0. The van der Waals surface area contributed by atoms with Gasteiger partial charge in [0.2, 0.25) is 0 Å². The van der Waals surface area contributed by atoms with Crippen molar-refractivity contribution in [2.24, 2.45) is 5.92 Å². The summed E-state index contributed by atoms with van der Waals surface area (Å²) in [5, 5.41) is 2.66. The van der Waals surface area contributed by atoms with E-state index >= 15 is 0 Å². The number of alkyl halides is 3. The van der Waals surface area contributed by atoms with Crippen molar-refractivity contribution in [2.75, 3.05) is 13.1 Å². The van der Waals surface area contributed by atoms with Crippen LogP contribution in [0.5, 0.6) is 0 Å². The number of hydrogen-bond acceptors (Lipinski definition) is 2. The highest BCUT2D eigenvalue weighted by Crippen LogP contribution is 2.44. The lowest BCUT2D eigenvalue weighted by atomic mass is 9.88. The van der Waals surface area contributed by atoms with Crippen molar-refractivity contribution in [3.63, 3.8) is 0 Å². The Morgan fingerprint density at radius 2 is 2.19 bits per heavy atom. The lowest BCUT2D eigenvalue weighted by Crippen LogP contribution is -2.53. The SMILES string of the molecule is CC1(C)C(C(F)(F)F)CCN1C(=O)NCCn1ccnc1. The van der Waals surface area contributed by atoms with Gasteiger partial charge in [-0.15, -0.1) is 0 Å². The summed E-state index contributed by atoms with van der Waals surface area (Å²) in [4.78, 5) is 17.2. The number of halogens is 3. The maximum Gasteiger partial charge on any atom is 0.394 e. The maximum absolute atomic E-state index is 13.0. The molecule has 1 unspecified atom stereocenters. The van der Waals surface area contributed by atoms with Crippen LogP contribution in [0.2, 0.25) is 0 Å². The Balaban J connectivity index is 1.91. The van der Waals surface area contributed by atoms with Crippen LogP contribution in [0.1, 0.15) is 20.3 Å². The molecule has 1 aliphatic heterocycles. The molecule has 1 atom stereocenters. The highest BCUT2D eigenvalue weighted by Gasteiger charge is 2.56. The number of amides is 2. The van der Waals surface area contributed by atoms with Crippen LogP contribution in [0.4, 0.5) is 18.0 Å². The quantitative estimate of drug-likeness (QED) is 0.931. The molecule has 2 amide bonds. The zero-order chi connectivity index (χ0) is 15.7. The molecule has 21 heavy (non-hydrogen) atoms. The van der Waals surface area contributed by atoms with Crippen LogP contribution in [-0.2, 0) is 6.54 Å². The number of imidazole rings is 1. The van der Waals surface area contributed by atoms with Crippen LogP contribution in [0, 0.1) is 5.92 Å². The fourth-order valence-corrected chi connectivity index (χ4v) is 2.82. The smallest absolute Gasteiger partial charge is 0.336 e. The third-order valence-corrected chi connectivity index (χ3v) is 4.04. The molecule has 0 aliphatic carbocycles. The van der Waals surface area contributed by atoms with E-state index in [1.165, 1.54) is 18.7 Å². The third kappa shape index (κ3) is 3.30. The highest BCUT2D eigenvalue weighted by molar-refractivity contribution is 5.75. The summed E-state index contributed by atoms with van der Waals surface area (Å²) < 4.78 is 40.7. The van der Waals surface area contributed by atoms with E-state index in [0.29, 0.717) is 13.1 Å². The number of nitrogens with one attached hydrogen (secondary N) is 1. The second-order valence-electron chi connectivity index (χ2n) is 5.72. The zero-order valence-electron chi connectivity index (χ0n) is 12.0. The van der Waals surface area contributed by atoms with Crippen molar-refractivity contribution >= 4 is 6.03 Å². The van der Waals surface area contributed by atoms with Gasteiger partial charge in [0.25, 0.3) is 0 Å². The molecule has 8 heteroatoms. The van der Waals surface area contributed by atoms with Gasteiger partial charge < -0.3 is 14.8 Å². The molecule has 0 bridgehead atoms. The average molecular weight is 304 g/mol. The first-order valence-electron chi connectivity index (χ1n) is 6.81. The molecule has 0 spiro atoms. The minimum absolute atomic E-state index is 0.0502. The summed E-state index contributed by atoms with van der Waals surface area (Å²) in [5.41, 5.74) is -1.22. The first kappa shape index (κ1) is 15.7. The van der Waals surface area contributed by atoms with Crippen molar-refractivity contribution in [2.45, 2.75) is 38.5 Å². The van der Waals surface area contributed by atoms with E-state index in [4.69, 9.17) is 0 Å². The van der Waals surface area contributed by atoms with Gasteiger partial charge in [0.15, 0.2) is 0 Å². The number of carbonyl (C=O) groups is 1. The second-order valence-corrected chi connectivity index (χ2v) is 5.72. The Bertz CT molecular complexity index is 484. The molecule has 2 rings (SSSR count). The van der Waals surface area contributed by atoms with Crippen molar-refractivity contribution in [3.05, 3.63) is 18.7 Å². The minimum Gasteiger partial charge on any atom is -0.336 e. The van der Waals surface area contributed by atoms with Crippen molar-refractivity contribution in [1.29, 1.82) is 0 Å². The van der Waals surface area contributed by atoms with Crippen LogP contribution in [0.25, 0.3) is 0 Å². The molecular formula is C13H19F3N4O. The van der Waals surface area contributed by atoms with E-state index in [1.807, 2.05) is 0 Å². The molecule has 1 aromatic heterocycles. The Hall–Kier alpha value is -1.73. The summed E-state index contributed by atoms with van der Waals surface area (Å²) in [6.45, 7) is 3.93. The maximum atomic E-state index is 13.0. The van der Waals surface area contributed by atoms with Crippen LogP contribution >= 0.6 is 0 Å². The van der Waals surface area contributed by atoms with Crippen LogP contribution < -0.4 is 5.32 Å². The molecule has 0 aromatic carbocycles. The van der Waals surface area contributed by atoms with Gasteiger partial charge in [0, 0.05) is 32.0 Å². The van der Waals surface area contributed by atoms with Gasteiger partial charge in [0.05, 0.1) is 17.8 Å². The van der Waals surface area contributed by atoms with E-state index in [2.05, 4.69) is 10.3 Å². The van der Waals surface area contributed by atoms with E-state index < -0.39 is 23.7 Å². The molecule has 5 nitrogen and oxygen atoms in total. The standard InChI is InChI=1S/C13H19F3N4O/c1-12(2)10(13(14,15)16)3-6-20(12)11(21)18-5-8-19-7-4-17-9-19/h4,7,9-10H,3,5-6,8H2,1-2H3,(H,18,21). The largest absolute Gasteiger partial charge is 0.394 e. The molecule has 0 saturated carbocycles. The molecule has 118 valence electrons. The summed E-state index contributed by atoms with van der Waals surface area (Å²) >= 11 is 0. The molecule has 1 aromatic rings. The van der Waals surface area contributed by atoms with E-state index in [9.17, 15) is 18.0 Å². The fourth-order valence-electron chi connectivity index (χ4n) is 2.82. The first-order valence-corrected chi connectivity index (χ1v) is 6.81. The summed E-state index contributed by atoms with van der Waals surface area (Å²) in [6, 6.07) is -0.452. The van der Waals surface area contributed by atoms with Crippen molar-refractivity contribution in [3.8, 4) is 0 Å². The number of nitrogens with zero attached hydrogens (tertiary/aromatic N) is 3. The van der Waals surface area contributed by atoms with Gasteiger partial charge >= 0.3 is 12.2 Å². The monoisotopic (exact) mass is 304 g/mol. The number of urea groups is 1. The highest BCUT2D eigenvalue weighted by atomic mass is 19.4. The summed E-state index contributed by atoms with van der Waals surface area (Å²) in [5.74, 6) is -1.48. The van der Waals surface area contributed by atoms with Crippen LogP contribution in [0.3, 0.4) is 0 Å². The molecule has 1 N–H and O–H groups in total. The van der Waals surface area contributed by atoms with Gasteiger partial charge in [0.1, 0.15) is 0 Å². The Kier molecular flexibility index (Phi) is 4.15. The van der Waals surface area contributed by atoms with Gasteiger partial charge in [-0.1, -0.05) is 0 Å². The lowest BCUT2D eigenvalue weighted by Gasteiger charge is -2.36. The fraction of sp³-hybridized carbons (Fsp3) is 0.692. The molecule has 1 fully saturated rings. The van der Waals surface area contributed by atoms with Crippen molar-refractivity contribution < 1.29 is 18.0 Å². The van der Waals surface area contributed by atoms with E-state index in [0.717, 1.165) is 0 Å². The van der Waals surface area contributed by atoms with Gasteiger partial charge in [-0.25, -0.2) is 9.78 Å². The molecule has 0 radical (unpaired) electrons. The van der Waals surface area contributed by atoms with Crippen LogP contribution in [-0.4, -0.2) is 45.3 Å². The summed E-state index contributed by atoms with van der Waals surface area (Å²) in [7, 11) is 0. The number of aromatic nitrogens is 2. The normalized spacial score (nSPS) is 21.6. The molecule has 1 aliphatic rings. The third-order valence-electron chi connectivity index (χ3n) is 4.04. The Morgan fingerprint density at radius 3 is 2.71 bits per heavy atom. The van der Waals surface area contributed by atoms with Crippen LogP contribution in [0.15, 0.2) is 18.7 Å². The average Bonchev–Trinajstić information content (AvgIpc) is 2.94. The predicted octanol–water partition coefficient (Wildman–Crippen LogP) is 2.26. The minimum atomic E-state index is -4.28. The Labute approximate surface area is 121 Å². The first-order chi connectivity index (χ1) is 9.73. The second kappa shape index (κ2) is 5.57. The van der Waals surface area contributed by atoms with Gasteiger partial charge in [-0.2, -0.15) is 13.2 Å². The Morgan fingerprint density at radius 1 is 1.48 bits per heavy atom. The number of likely N-dealkylation sites (tertiary alicyclic amines) is 1. The molecule has 1 saturated heterocycles. The molecular weight excluding hydrogens is 285 g/mol. The number of hydrogen-bond donors (Lipinski definition) is 1. The lowest BCUT2D eigenvalue weighted by molar-refractivity contribution is -0.189. The van der Waals surface area contributed by atoms with Gasteiger partial charge in [-0.05, 0) is 20.3 Å². The molecule has 2 heterocycles.